The van der Waals surface area contributed by atoms with Crippen molar-refractivity contribution in [2.75, 3.05) is 13.1 Å². The summed E-state index contributed by atoms with van der Waals surface area (Å²) in [6.07, 6.45) is 2.99. The van der Waals surface area contributed by atoms with Gasteiger partial charge >= 0.3 is 0 Å². The van der Waals surface area contributed by atoms with Gasteiger partial charge in [0.2, 0.25) is 11.8 Å². The van der Waals surface area contributed by atoms with Crippen molar-refractivity contribution >= 4 is 11.8 Å². The van der Waals surface area contributed by atoms with Gasteiger partial charge in [-0.3, -0.25) is 9.59 Å². The van der Waals surface area contributed by atoms with Gasteiger partial charge in [-0.15, -0.1) is 0 Å². The molecule has 0 radical (unpaired) electrons. The van der Waals surface area contributed by atoms with Gasteiger partial charge in [-0.1, -0.05) is 26.0 Å². The fraction of sp³-hybridized carbons (Fsp3) is 0.556. The molecule has 0 bridgehead atoms. The molecule has 23 heavy (non-hydrogen) atoms. The minimum absolute atomic E-state index is 0.0290. The van der Waals surface area contributed by atoms with Crippen LogP contribution < -0.4 is 5.32 Å². The van der Waals surface area contributed by atoms with E-state index in [2.05, 4.69) is 5.32 Å². The first-order valence-electron chi connectivity index (χ1n) is 8.29. The first kappa shape index (κ1) is 17.4. The van der Waals surface area contributed by atoms with E-state index in [1.54, 1.807) is 6.07 Å². The van der Waals surface area contributed by atoms with Crippen LogP contribution in [0.2, 0.25) is 0 Å². The van der Waals surface area contributed by atoms with Crippen molar-refractivity contribution < 1.29 is 14.0 Å². The average Bonchev–Trinajstić information content (AvgIpc) is 2.51. The number of piperidine rings is 1. The summed E-state index contributed by atoms with van der Waals surface area (Å²) in [5.74, 6) is -0.283. The van der Waals surface area contributed by atoms with Gasteiger partial charge in [0.15, 0.2) is 0 Å². The smallest absolute Gasteiger partial charge is 0.222 e. The zero-order valence-corrected chi connectivity index (χ0v) is 13.8. The number of amides is 2. The number of likely N-dealkylation sites (tertiary alicyclic amines) is 1. The summed E-state index contributed by atoms with van der Waals surface area (Å²) in [5.41, 5.74) is 0.840. The molecule has 1 N–H and O–H groups in total. The molecule has 5 heteroatoms. The van der Waals surface area contributed by atoms with Crippen LogP contribution in [0.3, 0.4) is 0 Å². The lowest BCUT2D eigenvalue weighted by molar-refractivity contribution is -0.136. The van der Waals surface area contributed by atoms with Crippen molar-refractivity contribution in [3.8, 4) is 0 Å². The third-order valence-corrected chi connectivity index (χ3v) is 4.20. The molecular weight excluding hydrogens is 295 g/mol. The highest BCUT2D eigenvalue weighted by atomic mass is 19.1. The second-order valence-corrected chi connectivity index (χ2v) is 6.43. The summed E-state index contributed by atoms with van der Waals surface area (Å²) in [5, 5.41) is 2.91. The zero-order valence-electron chi connectivity index (χ0n) is 13.8. The number of rotatable bonds is 6. The van der Waals surface area contributed by atoms with Crippen LogP contribution in [-0.2, 0) is 16.0 Å². The molecule has 126 valence electrons. The van der Waals surface area contributed by atoms with Crippen LogP contribution >= 0.6 is 0 Å². The van der Waals surface area contributed by atoms with E-state index < -0.39 is 0 Å². The maximum atomic E-state index is 13.4. The molecule has 1 heterocycles. The van der Waals surface area contributed by atoms with Crippen LogP contribution in [0.25, 0.3) is 0 Å². The molecule has 1 aliphatic heterocycles. The fourth-order valence-electron chi connectivity index (χ4n) is 2.86. The number of nitrogens with zero attached hydrogens (tertiary/aromatic N) is 1. The zero-order chi connectivity index (χ0) is 16.8. The Morgan fingerprint density at radius 1 is 1.35 bits per heavy atom. The molecule has 1 aromatic carbocycles. The van der Waals surface area contributed by atoms with E-state index in [4.69, 9.17) is 0 Å². The molecule has 1 aromatic rings. The Morgan fingerprint density at radius 2 is 2.13 bits per heavy atom. The first-order valence-corrected chi connectivity index (χ1v) is 8.29. The molecule has 0 aliphatic carbocycles. The quantitative estimate of drug-likeness (QED) is 0.875. The standard InChI is InChI=1S/C18H25FN2O2/c1-13(2)18(23)20-12-16(21-9-4-3-8-17(21)22)11-14-6-5-7-15(19)10-14/h5-7,10,13,16H,3-4,8-9,11-12H2,1-2H3,(H,20,23)/t16-/m1/s1. The molecule has 2 amide bonds. The van der Waals surface area contributed by atoms with E-state index in [0.717, 1.165) is 18.4 Å². The highest BCUT2D eigenvalue weighted by Crippen LogP contribution is 2.17. The van der Waals surface area contributed by atoms with Crippen LogP contribution in [0.5, 0.6) is 0 Å². The Balaban J connectivity index is 2.09. The van der Waals surface area contributed by atoms with Crippen molar-refractivity contribution in [2.45, 2.75) is 45.6 Å². The second-order valence-electron chi connectivity index (χ2n) is 6.43. The van der Waals surface area contributed by atoms with E-state index >= 15 is 0 Å². The highest BCUT2D eigenvalue weighted by Gasteiger charge is 2.27. The van der Waals surface area contributed by atoms with Crippen molar-refractivity contribution in [1.29, 1.82) is 0 Å². The summed E-state index contributed by atoms with van der Waals surface area (Å²) >= 11 is 0. The number of carbonyl (C=O) groups excluding carboxylic acids is 2. The van der Waals surface area contributed by atoms with Crippen LogP contribution in [-0.4, -0.2) is 35.8 Å². The maximum absolute atomic E-state index is 13.4. The van der Waals surface area contributed by atoms with Crippen molar-refractivity contribution in [1.82, 2.24) is 10.2 Å². The Labute approximate surface area is 137 Å². The van der Waals surface area contributed by atoms with E-state index in [9.17, 15) is 14.0 Å². The molecule has 2 rings (SSSR count). The maximum Gasteiger partial charge on any atom is 0.222 e. The fourth-order valence-corrected chi connectivity index (χ4v) is 2.86. The monoisotopic (exact) mass is 320 g/mol. The molecule has 0 unspecified atom stereocenters. The lowest BCUT2D eigenvalue weighted by Crippen LogP contribution is -2.50. The number of nitrogens with one attached hydrogen (secondary N) is 1. The normalized spacial score (nSPS) is 16.5. The number of halogens is 1. The van der Waals surface area contributed by atoms with Crippen molar-refractivity contribution in [3.05, 3.63) is 35.6 Å². The van der Waals surface area contributed by atoms with E-state index in [0.29, 0.717) is 25.9 Å². The molecule has 1 saturated heterocycles. The van der Waals surface area contributed by atoms with Gasteiger partial charge in [0.25, 0.3) is 0 Å². The first-order chi connectivity index (χ1) is 11.0. The summed E-state index contributed by atoms with van der Waals surface area (Å²) in [7, 11) is 0. The van der Waals surface area contributed by atoms with Gasteiger partial charge in [-0.2, -0.15) is 0 Å². The average molecular weight is 320 g/mol. The van der Waals surface area contributed by atoms with Crippen LogP contribution in [0.1, 0.15) is 38.7 Å². The van der Waals surface area contributed by atoms with E-state index in [-0.39, 0.29) is 29.6 Å². The molecule has 1 atom stereocenters. The molecular formula is C18H25FN2O2. The number of carbonyl (C=O) groups is 2. The number of benzene rings is 1. The summed E-state index contributed by atoms with van der Waals surface area (Å²) in [6, 6.07) is 6.30. The van der Waals surface area contributed by atoms with Crippen molar-refractivity contribution in [2.24, 2.45) is 5.92 Å². The van der Waals surface area contributed by atoms with Crippen molar-refractivity contribution in [3.63, 3.8) is 0 Å². The molecule has 0 spiro atoms. The summed E-state index contributed by atoms with van der Waals surface area (Å²) in [4.78, 5) is 25.9. The van der Waals surface area contributed by atoms with Crippen LogP contribution in [0.4, 0.5) is 4.39 Å². The third kappa shape index (κ3) is 5.05. The Hall–Kier alpha value is -1.91. The SMILES string of the molecule is CC(C)C(=O)NC[C@@H](Cc1cccc(F)c1)N1CCCCC1=O. The number of hydrogen-bond donors (Lipinski definition) is 1. The minimum atomic E-state index is -0.280. The number of hydrogen-bond acceptors (Lipinski definition) is 2. The van der Waals surface area contributed by atoms with E-state index in [1.165, 1.54) is 12.1 Å². The van der Waals surface area contributed by atoms with Gasteiger partial charge < -0.3 is 10.2 Å². The Bertz CT molecular complexity index is 560. The van der Waals surface area contributed by atoms with Crippen LogP contribution in [0.15, 0.2) is 24.3 Å². The lowest BCUT2D eigenvalue weighted by Gasteiger charge is -2.35. The van der Waals surface area contributed by atoms with Gasteiger partial charge in [0.1, 0.15) is 5.82 Å². The molecule has 0 saturated carbocycles. The topological polar surface area (TPSA) is 49.4 Å². The van der Waals surface area contributed by atoms with Gasteiger partial charge in [0, 0.05) is 25.4 Å². The predicted octanol–water partition coefficient (Wildman–Crippen LogP) is 2.52. The molecule has 0 aromatic heterocycles. The van der Waals surface area contributed by atoms with E-state index in [1.807, 2.05) is 24.8 Å². The molecule has 1 aliphatic rings. The van der Waals surface area contributed by atoms with Crippen LogP contribution in [0, 0.1) is 11.7 Å². The summed E-state index contributed by atoms with van der Waals surface area (Å²) < 4.78 is 13.4. The lowest BCUT2D eigenvalue weighted by atomic mass is 10.0. The molecule has 4 nitrogen and oxygen atoms in total. The largest absolute Gasteiger partial charge is 0.354 e. The highest BCUT2D eigenvalue weighted by molar-refractivity contribution is 5.79. The Morgan fingerprint density at radius 3 is 2.78 bits per heavy atom. The third-order valence-electron chi connectivity index (χ3n) is 4.20. The Kier molecular flexibility index (Phi) is 6.13. The predicted molar refractivity (Wildman–Crippen MR) is 87.3 cm³/mol. The minimum Gasteiger partial charge on any atom is -0.354 e. The van der Waals surface area contributed by atoms with Gasteiger partial charge in [0.05, 0.1) is 6.04 Å². The second kappa shape index (κ2) is 8.09. The summed E-state index contributed by atoms with van der Waals surface area (Å²) in [6.45, 7) is 4.78. The molecule has 1 fully saturated rings. The van der Waals surface area contributed by atoms with Gasteiger partial charge in [-0.05, 0) is 37.0 Å². The van der Waals surface area contributed by atoms with Gasteiger partial charge in [-0.25, -0.2) is 4.39 Å².